The number of hydrogen-bond donors (Lipinski definition) is 1. The molecule has 0 amide bonds. The summed E-state index contributed by atoms with van der Waals surface area (Å²) in [6, 6.07) is 16.6. The van der Waals surface area contributed by atoms with Crippen LogP contribution < -0.4 is 0 Å². The Morgan fingerprint density at radius 3 is 2.33 bits per heavy atom. The largest absolute Gasteiger partial charge is 0.508 e. The van der Waals surface area contributed by atoms with Crippen LogP contribution in [0.25, 0.3) is 0 Å². The topological polar surface area (TPSA) is 20.2 Å². The van der Waals surface area contributed by atoms with E-state index in [0.29, 0.717) is 5.75 Å². The molecule has 0 aliphatic carbocycles. The molecule has 0 spiro atoms. The van der Waals surface area contributed by atoms with E-state index in [1.54, 1.807) is 0 Å². The Kier molecular flexibility index (Phi) is 6.33. The van der Waals surface area contributed by atoms with Gasteiger partial charge in [-0.05, 0) is 48.4 Å². The van der Waals surface area contributed by atoms with E-state index < -0.39 is 0 Å². The van der Waals surface area contributed by atoms with Crippen LogP contribution >= 0.6 is 0 Å². The van der Waals surface area contributed by atoms with Gasteiger partial charge in [0.15, 0.2) is 0 Å². The van der Waals surface area contributed by atoms with Crippen LogP contribution in [-0.4, -0.2) is 5.11 Å². The fraction of sp³-hybridized carbons (Fsp3) is 0.400. The van der Waals surface area contributed by atoms with E-state index >= 15 is 0 Å². The summed E-state index contributed by atoms with van der Waals surface area (Å²) in [6.45, 7) is 2.24. The van der Waals surface area contributed by atoms with Crippen LogP contribution in [-0.2, 0) is 19.3 Å². The predicted octanol–water partition coefficient (Wildman–Crippen LogP) is 5.30. The molecule has 2 rings (SSSR count). The number of rotatable bonds is 8. The van der Waals surface area contributed by atoms with Gasteiger partial charge in [-0.15, -0.1) is 0 Å². The Bertz CT molecular complexity index is 531. The van der Waals surface area contributed by atoms with Gasteiger partial charge in [-0.25, -0.2) is 0 Å². The molecule has 2 aromatic carbocycles. The van der Waals surface area contributed by atoms with E-state index in [1.165, 1.54) is 36.8 Å². The summed E-state index contributed by atoms with van der Waals surface area (Å²) in [4.78, 5) is 0. The number of hydrogen-bond acceptors (Lipinski definition) is 1. The Balaban J connectivity index is 1.92. The van der Waals surface area contributed by atoms with Gasteiger partial charge in [-0.1, -0.05) is 68.7 Å². The predicted molar refractivity (Wildman–Crippen MR) is 89.8 cm³/mol. The van der Waals surface area contributed by atoms with E-state index in [4.69, 9.17) is 0 Å². The number of phenolic OH excluding ortho intramolecular Hbond substituents is 1. The lowest BCUT2D eigenvalue weighted by Crippen LogP contribution is -1.94. The van der Waals surface area contributed by atoms with E-state index in [2.05, 4.69) is 43.3 Å². The van der Waals surface area contributed by atoms with Gasteiger partial charge in [0.1, 0.15) is 5.75 Å². The lowest BCUT2D eigenvalue weighted by atomic mass is 9.99. The molecule has 1 nitrogen and oxygen atoms in total. The third-order valence-corrected chi connectivity index (χ3v) is 3.99. The van der Waals surface area contributed by atoms with Crippen molar-refractivity contribution in [3.8, 4) is 5.75 Å². The summed E-state index contributed by atoms with van der Waals surface area (Å²) in [5, 5.41) is 10.0. The van der Waals surface area contributed by atoms with Gasteiger partial charge in [0.25, 0.3) is 0 Å². The van der Waals surface area contributed by atoms with Crippen LogP contribution in [0.5, 0.6) is 5.75 Å². The zero-order valence-electron chi connectivity index (χ0n) is 13.0. The zero-order valence-corrected chi connectivity index (χ0v) is 13.0. The van der Waals surface area contributed by atoms with Crippen LogP contribution in [0.2, 0.25) is 0 Å². The molecule has 0 radical (unpaired) electrons. The number of benzene rings is 2. The maximum absolute atomic E-state index is 10.0. The van der Waals surface area contributed by atoms with Crippen LogP contribution in [0.1, 0.15) is 49.3 Å². The number of aryl methyl sites for hydroxylation is 3. The molecule has 21 heavy (non-hydrogen) atoms. The van der Waals surface area contributed by atoms with Crippen molar-refractivity contribution in [2.45, 2.75) is 51.9 Å². The zero-order chi connectivity index (χ0) is 14.9. The van der Waals surface area contributed by atoms with Crippen LogP contribution in [0.3, 0.4) is 0 Å². The molecule has 0 aliphatic heterocycles. The molecule has 0 aromatic heterocycles. The minimum Gasteiger partial charge on any atom is -0.508 e. The van der Waals surface area contributed by atoms with Crippen molar-refractivity contribution in [1.82, 2.24) is 0 Å². The third kappa shape index (κ3) is 5.26. The van der Waals surface area contributed by atoms with E-state index in [1.807, 2.05) is 12.1 Å². The highest BCUT2D eigenvalue weighted by molar-refractivity contribution is 5.37. The first-order valence-corrected chi connectivity index (χ1v) is 8.14. The molecule has 0 heterocycles. The number of unbranched alkanes of at least 4 members (excludes halogenated alkanes) is 3. The van der Waals surface area contributed by atoms with Gasteiger partial charge in [0, 0.05) is 0 Å². The van der Waals surface area contributed by atoms with Gasteiger partial charge >= 0.3 is 0 Å². The average Bonchev–Trinajstić information content (AvgIpc) is 2.53. The molecule has 0 saturated heterocycles. The Labute approximate surface area is 128 Å². The monoisotopic (exact) mass is 282 g/mol. The van der Waals surface area contributed by atoms with Gasteiger partial charge in [0.05, 0.1) is 0 Å². The molecule has 0 aliphatic rings. The van der Waals surface area contributed by atoms with Gasteiger partial charge in [0.2, 0.25) is 0 Å². The van der Waals surface area contributed by atoms with Crippen molar-refractivity contribution in [1.29, 1.82) is 0 Å². The molecule has 0 atom stereocenters. The lowest BCUT2D eigenvalue weighted by Gasteiger charge is -2.08. The first-order chi connectivity index (χ1) is 10.3. The summed E-state index contributed by atoms with van der Waals surface area (Å²) in [5.41, 5.74) is 3.75. The summed E-state index contributed by atoms with van der Waals surface area (Å²) in [7, 11) is 0. The fourth-order valence-electron chi connectivity index (χ4n) is 2.67. The van der Waals surface area contributed by atoms with Crippen LogP contribution in [0.15, 0.2) is 48.5 Å². The number of aromatic hydroxyl groups is 1. The summed E-state index contributed by atoms with van der Waals surface area (Å²) in [5.74, 6) is 0.434. The first kappa shape index (κ1) is 15.6. The van der Waals surface area contributed by atoms with Crippen molar-refractivity contribution >= 4 is 0 Å². The Morgan fingerprint density at radius 1 is 0.762 bits per heavy atom. The standard InChI is InChI=1S/C20H26O/c1-2-3-4-6-11-18-13-15-20(21)19(16-18)14-12-17-9-7-5-8-10-17/h5,7-10,13,15-16,21H,2-4,6,11-12,14H2,1H3. The SMILES string of the molecule is CCCCCCc1ccc(O)c(CCc2ccccc2)c1. The second-order valence-corrected chi connectivity index (χ2v) is 5.76. The highest BCUT2D eigenvalue weighted by atomic mass is 16.3. The molecular weight excluding hydrogens is 256 g/mol. The van der Waals surface area contributed by atoms with Gasteiger partial charge < -0.3 is 5.11 Å². The molecule has 1 heteroatoms. The van der Waals surface area contributed by atoms with Gasteiger partial charge in [-0.2, -0.15) is 0 Å². The molecular formula is C20H26O. The molecule has 112 valence electrons. The lowest BCUT2D eigenvalue weighted by molar-refractivity contribution is 0.467. The average molecular weight is 282 g/mol. The van der Waals surface area contributed by atoms with Crippen molar-refractivity contribution < 1.29 is 5.11 Å². The second-order valence-electron chi connectivity index (χ2n) is 5.76. The van der Waals surface area contributed by atoms with Crippen LogP contribution in [0.4, 0.5) is 0 Å². The minimum absolute atomic E-state index is 0.434. The molecule has 0 fully saturated rings. The second kappa shape index (κ2) is 8.51. The highest BCUT2D eigenvalue weighted by Crippen LogP contribution is 2.22. The Morgan fingerprint density at radius 2 is 1.57 bits per heavy atom. The molecule has 0 unspecified atom stereocenters. The highest BCUT2D eigenvalue weighted by Gasteiger charge is 2.04. The molecule has 1 N–H and O–H groups in total. The summed E-state index contributed by atoms with van der Waals surface area (Å²) in [6.07, 6.45) is 8.15. The molecule has 0 saturated carbocycles. The van der Waals surface area contributed by atoms with Crippen molar-refractivity contribution in [3.05, 3.63) is 65.2 Å². The van der Waals surface area contributed by atoms with Gasteiger partial charge in [-0.3, -0.25) is 0 Å². The summed E-state index contributed by atoms with van der Waals surface area (Å²) >= 11 is 0. The van der Waals surface area contributed by atoms with Crippen molar-refractivity contribution in [2.24, 2.45) is 0 Å². The number of phenols is 1. The van der Waals surface area contributed by atoms with Crippen molar-refractivity contribution in [3.63, 3.8) is 0 Å². The van der Waals surface area contributed by atoms with Crippen molar-refractivity contribution in [2.75, 3.05) is 0 Å². The maximum Gasteiger partial charge on any atom is 0.118 e. The molecule has 0 bridgehead atoms. The van der Waals surface area contributed by atoms with E-state index in [9.17, 15) is 5.11 Å². The third-order valence-electron chi connectivity index (χ3n) is 3.99. The minimum atomic E-state index is 0.434. The first-order valence-electron chi connectivity index (χ1n) is 8.14. The quantitative estimate of drug-likeness (QED) is 0.651. The maximum atomic E-state index is 10.0. The normalized spacial score (nSPS) is 10.7. The summed E-state index contributed by atoms with van der Waals surface area (Å²) < 4.78 is 0. The van der Waals surface area contributed by atoms with E-state index in [0.717, 1.165) is 24.8 Å². The van der Waals surface area contributed by atoms with E-state index in [-0.39, 0.29) is 0 Å². The Hall–Kier alpha value is -1.76. The fourth-order valence-corrected chi connectivity index (χ4v) is 2.67. The van der Waals surface area contributed by atoms with Crippen LogP contribution in [0, 0.1) is 0 Å². The molecule has 2 aromatic rings. The smallest absolute Gasteiger partial charge is 0.118 e.